The van der Waals surface area contributed by atoms with Crippen LogP contribution in [0, 0.1) is 0 Å². The predicted octanol–water partition coefficient (Wildman–Crippen LogP) is 6.09. The minimum absolute atomic E-state index is 0.120. The number of hydrogen-bond acceptors (Lipinski definition) is 9. The van der Waals surface area contributed by atoms with E-state index in [1.54, 1.807) is 18.4 Å². The Morgan fingerprint density at radius 2 is 1.84 bits per heavy atom. The summed E-state index contributed by atoms with van der Waals surface area (Å²) in [4.78, 5) is 43.2. The van der Waals surface area contributed by atoms with Gasteiger partial charge in [0.05, 0.1) is 23.9 Å². The molecule has 226 valence electrons. The first-order chi connectivity index (χ1) is 21.1. The maximum absolute atomic E-state index is 14.0. The van der Waals surface area contributed by atoms with Crippen molar-refractivity contribution < 1.29 is 13.9 Å². The fraction of sp³-hybridized carbons (Fsp3) is 0.500. The third kappa shape index (κ3) is 5.57. The van der Waals surface area contributed by atoms with E-state index in [-0.39, 0.29) is 17.5 Å². The molecule has 4 heterocycles. The Morgan fingerprint density at radius 1 is 1.05 bits per heavy atom. The van der Waals surface area contributed by atoms with Crippen LogP contribution in [0.1, 0.15) is 77.8 Å². The highest BCUT2D eigenvalue weighted by Gasteiger charge is 2.28. The van der Waals surface area contributed by atoms with Gasteiger partial charge < -0.3 is 19.0 Å². The molecule has 9 nitrogen and oxygen atoms in total. The number of piperazine rings is 1. The fourth-order valence-corrected chi connectivity index (χ4v) is 8.99. The summed E-state index contributed by atoms with van der Waals surface area (Å²) in [5.41, 5.74) is 2.72. The van der Waals surface area contributed by atoms with E-state index in [0.29, 0.717) is 43.5 Å². The molecule has 11 heteroatoms. The summed E-state index contributed by atoms with van der Waals surface area (Å²) >= 11 is 3.18. The molecule has 0 unspecified atom stereocenters. The van der Waals surface area contributed by atoms with Gasteiger partial charge in [-0.2, -0.15) is 0 Å². The standard InChI is InChI=1S/C32H37N5O4S2/c1-40-25-13-7-6-12-24(25)35-15-17-36(18-16-35)30(38)23-19-41-27(33-23)20-42-32-34-29-28(22-11-5-8-14-26(22)43-29)31(39)37(32)21-9-3-2-4-10-21/h6-7,12-13,19,21H,2-5,8-11,14-18,20H2,1H3. The molecule has 1 aliphatic heterocycles. The lowest BCUT2D eigenvalue weighted by atomic mass is 9.94. The molecule has 1 aromatic carbocycles. The molecule has 1 saturated carbocycles. The molecular formula is C32H37N5O4S2. The second-order valence-corrected chi connectivity index (χ2v) is 13.6. The number of carbonyl (C=O) groups is 1. The van der Waals surface area contributed by atoms with Gasteiger partial charge in [-0.15, -0.1) is 11.3 Å². The van der Waals surface area contributed by atoms with E-state index < -0.39 is 0 Å². The Bertz CT molecular complexity index is 1680. The second kappa shape index (κ2) is 12.4. The monoisotopic (exact) mass is 619 g/mol. The minimum atomic E-state index is -0.123. The van der Waals surface area contributed by atoms with Crippen LogP contribution in [0.25, 0.3) is 10.2 Å². The number of thioether (sulfide) groups is 1. The fourth-order valence-electron chi connectivity index (χ4n) is 6.77. The number of nitrogens with zero attached hydrogens (tertiary/aromatic N) is 5. The van der Waals surface area contributed by atoms with Crippen LogP contribution in [0.15, 0.2) is 44.9 Å². The highest BCUT2D eigenvalue weighted by molar-refractivity contribution is 7.98. The van der Waals surface area contributed by atoms with Crippen molar-refractivity contribution in [1.29, 1.82) is 0 Å². The van der Waals surface area contributed by atoms with E-state index in [4.69, 9.17) is 14.1 Å². The van der Waals surface area contributed by atoms with E-state index in [9.17, 15) is 9.59 Å². The van der Waals surface area contributed by atoms with Crippen molar-refractivity contribution in [1.82, 2.24) is 19.4 Å². The quantitative estimate of drug-likeness (QED) is 0.181. The summed E-state index contributed by atoms with van der Waals surface area (Å²) in [7, 11) is 1.68. The molecule has 0 spiro atoms. The SMILES string of the molecule is COc1ccccc1N1CCN(C(=O)c2coc(CSc3nc4sc5c(c4c(=O)n3C3CCCCC3)CCCC5)n2)CC1. The molecular weight excluding hydrogens is 583 g/mol. The number of ether oxygens (including phenoxy) is 1. The van der Waals surface area contributed by atoms with Crippen LogP contribution >= 0.6 is 23.1 Å². The molecule has 43 heavy (non-hydrogen) atoms. The number of fused-ring (bicyclic) bond motifs is 3. The molecule has 0 N–H and O–H groups in total. The largest absolute Gasteiger partial charge is 0.495 e. The third-order valence-electron chi connectivity index (χ3n) is 9.02. The van der Waals surface area contributed by atoms with Crippen molar-refractivity contribution in [3.63, 3.8) is 0 Å². The van der Waals surface area contributed by atoms with Crippen LogP contribution in [0.4, 0.5) is 5.69 Å². The Balaban J connectivity index is 1.06. The van der Waals surface area contributed by atoms with Crippen molar-refractivity contribution >= 4 is 44.9 Å². The number of aromatic nitrogens is 3. The first kappa shape index (κ1) is 28.5. The molecule has 3 aromatic heterocycles. The van der Waals surface area contributed by atoms with Crippen LogP contribution in [-0.2, 0) is 18.6 Å². The molecule has 4 aromatic rings. The van der Waals surface area contributed by atoms with Crippen LogP contribution in [0.3, 0.4) is 0 Å². The number of rotatable bonds is 7. The summed E-state index contributed by atoms with van der Waals surface area (Å²) in [6.07, 6.45) is 11.3. The number of carbonyl (C=O) groups excluding carboxylic acids is 1. The van der Waals surface area contributed by atoms with E-state index in [1.807, 2.05) is 33.7 Å². The van der Waals surface area contributed by atoms with Crippen LogP contribution in [-0.4, -0.2) is 58.6 Å². The summed E-state index contributed by atoms with van der Waals surface area (Å²) < 4.78 is 13.3. The summed E-state index contributed by atoms with van der Waals surface area (Å²) in [6.45, 7) is 2.61. The molecule has 2 aliphatic carbocycles. The minimum Gasteiger partial charge on any atom is -0.495 e. The van der Waals surface area contributed by atoms with Crippen LogP contribution in [0.5, 0.6) is 5.75 Å². The average Bonchev–Trinajstić information content (AvgIpc) is 3.69. The predicted molar refractivity (Wildman–Crippen MR) is 170 cm³/mol. The van der Waals surface area contributed by atoms with Gasteiger partial charge in [0.25, 0.3) is 11.5 Å². The van der Waals surface area contributed by atoms with Gasteiger partial charge in [0, 0.05) is 37.1 Å². The van der Waals surface area contributed by atoms with Crippen molar-refractivity contribution in [2.24, 2.45) is 0 Å². The van der Waals surface area contributed by atoms with E-state index in [0.717, 1.165) is 71.8 Å². The number of benzene rings is 1. The third-order valence-corrected chi connectivity index (χ3v) is 11.1. The molecule has 3 aliphatic rings. The summed E-state index contributed by atoms with van der Waals surface area (Å²) in [5, 5.41) is 1.59. The first-order valence-corrected chi connectivity index (χ1v) is 17.2. The summed E-state index contributed by atoms with van der Waals surface area (Å²) in [5.74, 6) is 1.59. The van der Waals surface area contributed by atoms with Crippen molar-refractivity contribution in [3.05, 3.63) is 62.9 Å². The Kier molecular flexibility index (Phi) is 8.18. The van der Waals surface area contributed by atoms with Crippen molar-refractivity contribution in [2.45, 2.75) is 74.7 Å². The highest BCUT2D eigenvalue weighted by Crippen LogP contribution is 2.37. The number of para-hydroxylation sites is 2. The van der Waals surface area contributed by atoms with E-state index in [1.165, 1.54) is 41.3 Å². The van der Waals surface area contributed by atoms with Gasteiger partial charge in [-0.1, -0.05) is 43.2 Å². The van der Waals surface area contributed by atoms with Gasteiger partial charge in [0.2, 0.25) is 5.89 Å². The van der Waals surface area contributed by atoms with Gasteiger partial charge >= 0.3 is 0 Å². The molecule has 2 fully saturated rings. The van der Waals surface area contributed by atoms with Crippen molar-refractivity contribution in [2.75, 3.05) is 38.2 Å². The smallest absolute Gasteiger partial charge is 0.275 e. The van der Waals surface area contributed by atoms with Gasteiger partial charge in [-0.3, -0.25) is 14.2 Å². The van der Waals surface area contributed by atoms with Crippen molar-refractivity contribution in [3.8, 4) is 5.75 Å². The molecule has 7 rings (SSSR count). The molecule has 0 bridgehead atoms. The Hall–Kier alpha value is -3.31. The summed E-state index contributed by atoms with van der Waals surface area (Å²) in [6, 6.07) is 8.14. The zero-order valence-electron chi connectivity index (χ0n) is 24.5. The van der Waals surface area contributed by atoms with Gasteiger partial charge in [0.1, 0.15) is 16.8 Å². The van der Waals surface area contributed by atoms with Crippen LogP contribution < -0.4 is 15.2 Å². The number of hydrogen-bond donors (Lipinski definition) is 0. The molecule has 1 amide bonds. The number of thiophene rings is 1. The van der Waals surface area contributed by atoms with E-state index >= 15 is 0 Å². The number of aryl methyl sites for hydroxylation is 2. The first-order valence-electron chi connectivity index (χ1n) is 15.4. The molecule has 0 radical (unpaired) electrons. The Labute approximate surface area is 259 Å². The lowest BCUT2D eigenvalue weighted by molar-refractivity contribution is 0.0740. The van der Waals surface area contributed by atoms with E-state index in [2.05, 4.69) is 9.88 Å². The lowest BCUT2D eigenvalue weighted by Crippen LogP contribution is -2.49. The zero-order valence-corrected chi connectivity index (χ0v) is 26.2. The molecule has 0 atom stereocenters. The Morgan fingerprint density at radius 3 is 2.65 bits per heavy atom. The number of oxazole rings is 1. The lowest BCUT2D eigenvalue weighted by Gasteiger charge is -2.36. The highest BCUT2D eigenvalue weighted by atomic mass is 32.2. The van der Waals surface area contributed by atoms with Gasteiger partial charge in [-0.25, -0.2) is 9.97 Å². The van der Waals surface area contributed by atoms with Crippen LogP contribution in [0.2, 0.25) is 0 Å². The van der Waals surface area contributed by atoms with Gasteiger partial charge in [0.15, 0.2) is 10.9 Å². The maximum atomic E-state index is 14.0. The normalized spacial score (nSPS) is 17.8. The zero-order chi connectivity index (χ0) is 29.3. The molecule has 1 saturated heterocycles. The number of methoxy groups -OCH3 is 1. The second-order valence-electron chi connectivity index (χ2n) is 11.6. The number of amides is 1. The topological polar surface area (TPSA) is 93.7 Å². The van der Waals surface area contributed by atoms with Gasteiger partial charge in [-0.05, 0) is 56.2 Å². The maximum Gasteiger partial charge on any atom is 0.275 e. The number of anilines is 1. The average molecular weight is 620 g/mol.